The standard InChI is InChI=1S/C13H22ClNO3/c1-5-7-11(9(3)14)12(16)10(4)18-13(17)15-8-6-2/h5,7,10,12,16H,6,8H2,1-4H3,(H,15,17). The van der Waals surface area contributed by atoms with Crippen molar-refractivity contribution in [2.24, 2.45) is 0 Å². The predicted molar refractivity (Wildman–Crippen MR) is 73.6 cm³/mol. The number of halogens is 1. The fourth-order valence-electron chi connectivity index (χ4n) is 1.35. The maximum absolute atomic E-state index is 11.4. The van der Waals surface area contributed by atoms with Crippen molar-refractivity contribution in [2.45, 2.75) is 46.3 Å². The summed E-state index contributed by atoms with van der Waals surface area (Å²) in [6.45, 7) is 7.63. The number of hydrogen-bond donors (Lipinski definition) is 2. The highest BCUT2D eigenvalue weighted by atomic mass is 35.5. The molecule has 2 unspecified atom stereocenters. The quantitative estimate of drug-likeness (QED) is 0.733. The van der Waals surface area contributed by atoms with Crippen molar-refractivity contribution in [3.8, 4) is 0 Å². The van der Waals surface area contributed by atoms with Crippen molar-refractivity contribution in [2.75, 3.05) is 6.54 Å². The second-order valence-electron chi connectivity index (χ2n) is 3.97. The molecule has 0 aromatic heterocycles. The van der Waals surface area contributed by atoms with E-state index in [4.69, 9.17) is 16.3 Å². The molecule has 4 nitrogen and oxygen atoms in total. The highest BCUT2D eigenvalue weighted by Crippen LogP contribution is 2.18. The average Bonchev–Trinajstić information content (AvgIpc) is 2.32. The lowest BCUT2D eigenvalue weighted by Crippen LogP contribution is -2.35. The first kappa shape index (κ1) is 17.0. The first-order chi connectivity index (χ1) is 8.43. The van der Waals surface area contributed by atoms with E-state index in [2.05, 4.69) is 5.32 Å². The van der Waals surface area contributed by atoms with Gasteiger partial charge in [-0.3, -0.25) is 0 Å². The number of carbonyl (C=O) groups excluding carboxylic acids is 1. The van der Waals surface area contributed by atoms with Crippen LogP contribution in [-0.4, -0.2) is 30.0 Å². The molecule has 1 amide bonds. The van der Waals surface area contributed by atoms with E-state index < -0.39 is 18.3 Å². The van der Waals surface area contributed by atoms with E-state index in [9.17, 15) is 9.90 Å². The molecule has 0 aliphatic rings. The summed E-state index contributed by atoms with van der Waals surface area (Å²) in [5.74, 6) is 0. The molecular weight excluding hydrogens is 254 g/mol. The van der Waals surface area contributed by atoms with Crippen LogP contribution in [0, 0.1) is 0 Å². The fraction of sp³-hybridized carbons (Fsp3) is 0.615. The minimum atomic E-state index is -0.939. The minimum Gasteiger partial charge on any atom is -0.443 e. The highest BCUT2D eigenvalue weighted by molar-refractivity contribution is 6.29. The van der Waals surface area contributed by atoms with Crippen LogP contribution in [-0.2, 0) is 4.74 Å². The fourth-order valence-corrected chi connectivity index (χ4v) is 1.53. The summed E-state index contributed by atoms with van der Waals surface area (Å²) in [5.41, 5.74) is 0.551. The zero-order valence-electron chi connectivity index (χ0n) is 11.4. The number of rotatable bonds is 6. The van der Waals surface area contributed by atoms with Crippen molar-refractivity contribution in [1.82, 2.24) is 5.32 Å². The number of amides is 1. The molecule has 5 heteroatoms. The Morgan fingerprint density at radius 3 is 2.61 bits per heavy atom. The zero-order valence-corrected chi connectivity index (χ0v) is 12.1. The molecule has 0 aliphatic carbocycles. The van der Waals surface area contributed by atoms with Gasteiger partial charge in [-0.05, 0) is 32.8 Å². The van der Waals surface area contributed by atoms with E-state index in [0.717, 1.165) is 6.42 Å². The van der Waals surface area contributed by atoms with Crippen molar-refractivity contribution in [3.63, 3.8) is 0 Å². The van der Waals surface area contributed by atoms with Crippen molar-refractivity contribution < 1.29 is 14.6 Å². The molecule has 0 radical (unpaired) electrons. The molecule has 0 rings (SSSR count). The van der Waals surface area contributed by atoms with Gasteiger partial charge in [0.25, 0.3) is 0 Å². The van der Waals surface area contributed by atoms with Gasteiger partial charge in [-0.2, -0.15) is 0 Å². The molecule has 0 aromatic rings. The van der Waals surface area contributed by atoms with Gasteiger partial charge in [0, 0.05) is 11.6 Å². The molecule has 2 N–H and O–H groups in total. The molecule has 0 saturated carbocycles. The van der Waals surface area contributed by atoms with Gasteiger partial charge in [0.15, 0.2) is 0 Å². The van der Waals surface area contributed by atoms with Crippen molar-refractivity contribution >= 4 is 17.7 Å². The molecular formula is C13H22ClNO3. The van der Waals surface area contributed by atoms with Crippen LogP contribution in [0.15, 0.2) is 22.8 Å². The first-order valence-electron chi connectivity index (χ1n) is 6.05. The van der Waals surface area contributed by atoms with Gasteiger partial charge in [0.2, 0.25) is 0 Å². The Bertz CT molecular complexity index is 322. The number of nitrogens with one attached hydrogen (secondary N) is 1. The summed E-state index contributed by atoms with van der Waals surface area (Å²) in [5, 5.41) is 13.1. The summed E-state index contributed by atoms with van der Waals surface area (Å²) in [4.78, 5) is 11.4. The Balaban J connectivity index is 4.54. The summed E-state index contributed by atoms with van der Waals surface area (Å²) < 4.78 is 5.06. The van der Waals surface area contributed by atoms with Gasteiger partial charge in [-0.15, -0.1) is 0 Å². The molecule has 0 spiro atoms. The van der Waals surface area contributed by atoms with Gasteiger partial charge in [0.1, 0.15) is 12.2 Å². The lowest BCUT2D eigenvalue weighted by molar-refractivity contribution is 0.0320. The zero-order chi connectivity index (χ0) is 14.1. The van der Waals surface area contributed by atoms with Crippen LogP contribution >= 0.6 is 11.6 Å². The second-order valence-corrected chi connectivity index (χ2v) is 4.54. The third-order valence-corrected chi connectivity index (χ3v) is 2.54. The Labute approximate surface area is 114 Å². The molecule has 0 bridgehead atoms. The molecule has 0 saturated heterocycles. The van der Waals surface area contributed by atoms with E-state index in [1.807, 2.05) is 13.8 Å². The molecule has 2 atom stereocenters. The third kappa shape index (κ3) is 6.07. The van der Waals surface area contributed by atoms with Crippen LogP contribution in [0.25, 0.3) is 0 Å². The molecule has 0 aliphatic heterocycles. The number of aliphatic hydroxyl groups excluding tert-OH is 1. The Morgan fingerprint density at radius 2 is 2.17 bits per heavy atom. The van der Waals surface area contributed by atoms with E-state index in [1.54, 1.807) is 26.0 Å². The van der Waals surface area contributed by atoms with Crippen LogP contribution in [0.5, 0.6) is 0 Å². The summed E-state index contributed by atoms with van der Waals surface area (Å²) in [6.07, 6.45) is 2.17. The molecule has 0 aromatic carbocycles. The lowest BCUT2D eigenvalue weighted by atomic mass is 10.0. The topological polar surface area (TPSA) is 58.6 Å². The van der Waals surface area contributed by atoms with Crippen LogP contribution in [0.3, 0.4) is 0 Å². The smallest absolute Gasteiger partial charge is 0.407 e. The summed E-state index contributed by atoms with van der Waals surface area (Å²) in [7, 11) is 0. The average molecular weight is 276 g/mol. The number of carbonyl (C=O) groups is 1. The van der Waals surface area contributed by atoms with Gasteiger partial charge in [0.05, 0.1) is 0 Å². The van der Waals surface area contributed by atoms with Crippen LogP contribution in [0.1, 0.15) is 34.1 Å². The Kier molecular flexibility index (Phi) is 8.50. The van der Waals surface area contributed by atoms with Gasteiger partial charge in [-0.25, -0.2) is 4.79 Å². The van der Waals surface area contributed by atoms with Gasteiger partial charge < -0.3 is 15.2 Å². The SMILES string of the molecule is CC=CC(=C(C)Cl)C(O)C(C)OC(=O)NCCC. The number of ether oxygens (including phenoxy) is 1. The van der Waals surface area contributed by atoms with Crippen LogP contribution in [0.4, 0.5) is 4.79 Å². The van der Waals surface area contributed by atoms with Crippen molar-refractivity contribution in [3.05, 3.63) is 22.8 Å². The number of aliphatic hydroxyl groups is 1. The predicted octanol–water partition coefficient (Wildman–Crippen LogP) is 2.96. The van der Waals surface area contributed by atoms with E-state index in [-0.39, 0.29) is 0 Å². The Morgan fingerprint density at radius 1 is 1.56 bits per heavy atom. The maximum Gasteiger partial charge on any atom is 0.407 e. The minimum absolute atomic E-state index is 0.477. The molecule has 0 heterocycles. The molecule has 18 heavy (non-hydrogen) atoms. The largest absolute Gasteiger partial charge is 0.443 e. The van der Waals surface area contributed by atoms with Gasteiger partial charge >= 0.3 is 6.09 Å². The first-order valence-corrected chi connectivity index (χ1v) is 6.43. The molecule has 104 valence electrons. The number of allylic oxidation sites excluding steroid dienone is 2. The van der Waals surface area contributed by atoms with Gasteiger partial charge in [-0.1, -0.05) is 30.7 Å². The third-order valence-electron chi connectivity index (χ3n) is 2.32. The van der Waals surface area contributed by atoms with E-state index >= 15 is 0 Å². The second kappa shape index (κ2) is 9.00. The molecule has 0 fully saturated rings. The van der Waals surface area contributed by atoms with Crippen LogP contribution in [0.2, 0.25) is 0 Å². The Hall–Kier alpha value is -1.00. The lowest BCUT2D eigenvalue weighted by Gasteiger charge is -2.21. The van der Waals surface area contributed by atoms with E-state index in [0.29, 0.717) is 17.2 Å². The van der Waals surface area contributed by atoms with E-state index in [1.165, 1.54) is 0 Å². The normalized spacial score (nSPS) is 16.1. The highest BCUT2D eigenvalue weighted by Gasteiger charge is 2.22. The maximum atomic E-state index is 11.4. The monoisotopic (exact) mass is 275 g/mol. The summed E-state index contributed by atoms with van der Waals surface area (Å²) >= 11 is 5.89. The number of hydrogen-bond acceptors (Lipinski definition) is 3. The van der Waals surface area contributed by atoms with Crippen molar-refractivity contribution in [1.29, 1.82) is 0 Å². The van der Waals surface area contributed by atoms with Crippen LogP contribution < -0.4 is 5.32 Å². The summed E-state index contributed by atoms with van der Waals surface area (Å²) in [6, 6.07) is 0. The number of alkyl carbamates (subject to hydrolysis) is 1.